The first-order valence-corrected chi connectivity index (χ1v) is 18.8. The van der Waals surface area contributed by atoms with Crippen LogP contribution in [0.3, 0.4) is 0 Å². The number of rotatable bonds is 3. The van der Waals surface area contributed by atoms with E-state index < -0.39 is 5.41 Å². The third-order valence-corrected chi connectivity index (χ3v) is 11.9. The molecule has 0 bridgehead atoms. The molecule has 2 aliphatic carbocycles. The molecule has 0 radical (unpaired) electrons. The lowest BCUT2D eigenvalue weighted by atomic mass is 9.63. The van der Waals surface area contributed by atoms with Gasteiger partial charge in [-0.2, -0.15) is 0 Å². The summed E-state index contributed by atoms with van der Waals surface area (Å²) in [7, 11) is 0. The molecular formula is C52H32N2O. The van der Waals surface area contributed by atoms with Crippen LogP contribution in [0.2, 0.25) is 0 Å². The first-order chi connectivity index (χ1) is 27.2. The van der Waals surface area contributed by atoms with Crippen LogP contribution in [0.4, 0.5) is 11.4 Å². The summed E-state index contributed by atoms with van der Waals surface area (Å²) in [4.78, 5) is 2.33. The van der Waals surface area contributed by atoms with Gasteiger partial charge in [0, 0.05) is 27.9 Å². The summed E-state index contributed by atoms with van der Waals surface area (Å²) in [6.07, 6.45) is 8.53. The maximum atomic E-state index is 7.09. The molecule has 4 aliphatic rings. The zero-order valence-corrected chi connectivity index (χ0v) is 29.8. The smallest absolute Gasteiger partial charge is 0.161 e. The molecule has 0 saturated carbocycles. The maximum absolute atomic E-state index is 7.09. The minimum absolute atomic E-state index is 0.654. The number of ether oxygens (including phenoxy) is 1. The van der Waals surface area contributed by atoms with E-state index in [4.69, 9.17) is 11.3 Å². The van der Waals surface area contributed by atoms with Crippen molar-refractivity contribution in [1.29, 1.82) is 0 Å². The molecule has 0 saturated heterocycles. The fourth-order valence-corrected chi connectivity index (χ4v) is 9.67. The highest BCUT2D eigenvalue weighted by molar-refractivity contribution is 6.07. The van der Waals surface area contributed by atoms with Crippen LogP contribution in [0.15, 0.2) is 200 Å². The highest BCUT2D eigenvalue weighted by Gasteiger charge is 2.53. The lowest BCUT2D eigenvalue weighted by Gasteiger charge is -2.42. The lowest BCUT2D eigenvalue weighted by Crippen LogP contribution is -2.35. The molecule has 7 aromatic carbocycles. The van der Waals surface area contributed by atoms with E-state index in [0.717, 1.165) is 67.6 Å². The normalized spacial score (nSPS) is 17.7. The molecule has 0 fully saturated rings. The van der Waals surface area contributed by atoms with Crippen molar-refractivity contribution < 1.29 is 4.74 Å². The molecule has 3 heterocycles. The predicted molar refractivity (Wildman–Crippen MR) is 225 cm³/mol. The quantitative estimate of drug-likeness (QED) is 0.171. The summed E-state index contributed by atoms with van der Waals surface area (Å²) in [5.41, 5.74) is 18.6. The number of para-hydroxylation sites is 3. The summed E-state index contributed by atoms with van der Waals surface area (Å²) >= 11 is 0. The van der Waals surface area contributed by atoms with Crippen molar-refractivity contribution in [1.82, 2.24) is 4.57 Å². The molecule has 1 spiro atoms. The van der Waals surface area contributed by atoms with E-state index in [0.29, 0.717) is 0 Å². The highest BCUT2D eigenvalue weighted by Crippen LogP contribution is 2.65. The van der Waals surface area contributed by atoms with E-state index in [2.05, 4.69) is 185 Å². The molecule has 0 amide bonds. The summed E-state index contributed by atoms with van der Waals surface area (Å²) in [5, 5.41) is 3.50. The van der Waals surface area contributed by atoms with Crippen LogP contribution in [0, 0.1) is 0 Å². The number of allylic oxidation sites excluding steroid dienone is 5. The third-order valence-electron chi connectivity index (χ3n) is 11.9. The van der Waals surface area contributed by atoms with Gasteiger partial charge >= 0.3 is 0 Å². The molecule has 1 atom stereocenters. The lowest BCUT2D eigenvalue weighted by molar-refractivity contribution is 0.481. The molecule has 12 rings (SSSR count). The van der Waals surface area contributed by atoms with Gasteiger partial charge in [0.1, 0.15) is 5.75 Å². The summed E-state index contributed by atoms with van der Waals surface area (Å²) < 4.78 is 9.50. The van der Waals surface area contributed by atoms with Crippen LogP contribution in [-0.2, 0) is 5.41 Å². The minimum atomic E-state index is -0.654. The molecule has 55 heavy (non-hydrogen) atoms. The van der Waals surface area contributed by atoms with E-state index in [1.165, 1.54) is 38.6 Å². The fraction of sp³-hybridized carbons (Fsp3) is 0.0192. The molecular weight excluding hydrogens is 669 g/mol. The van der Waals surface area contributed by atoms with Gasteiger partial charge in [-0.15, -0.1) is 0 Å². The van der Waals surface area contributed by atoms with E-state index in [1.54, 1.807) is 0 Å². The molecule has 3 heteroatoms. The Morgan fingerprint density at radius 1 is 0.618 bits per heavy atom. The van der Waals surface area contributed by atoms with Crippen molar-refractivity contribution in [2.75, 3.05) is 4.90 Å². The number of hydrogen-bond donors (Lipinski definition) is 0. The monoisotopic (exact) mass is 700 g/mol. The molecule has 0 N–H and O–H groups in total. The number of aromatic nitrogens is 1. The Bertz CT molecular complexity index is 3150. The molecule has 256 valence electrons. The Kier molecular flexibility index (Phi) is 6.09. The Morgan fingerprint density at radius 3 is 2.22 bits per heavy atom. The summed E-state index contributed by atoms with van der Waals surface area (Å²) in [6, 6.07) is 57.1. The third kappa shape index (κ3) is 4.00. The maximum Gasteiger partial charge on any atom is 0.161 e. The zero-order chi connectivity index (χ0) is 36.3. The minimum Gasteiger partial charge on any atom is -0.454 e. The van der Waals surface area contributed by atoms with Gasteiger partial charge in [0.2, 0.25) is 0 Å². The van der Waals surface area contributed by atoms with E-state index in [1.807, 2.05) is 12.1 Å². The Hall–Kier alpha value is -7.32. The molecule has 8 aromatic rings. The van der Waals surface area contributed by atoms with Crippen molar-refractivity contribution in [3.63, 3.8) is 0 Å². The Morgan fingerprint density at radius 2 is 1.33 bits per heavy atom. The first kappa shape index (κ1) is 30.2. The van der Waals surface area contributed by atoms with Crippen molar-refractivity contribution in [2.24, 2.45) is 0 Å². The van der Waals surface area contributed by atoms with Gasteiger partial charge in [-0.3, -0.25) is 0 Å². The molecule has 2 aliphatic heterocycles. The second kappa shape index (κ2) is 11.1. The second-order valence-electron chi connectivity index (χ2n) is 14.7. The Balaban J connectivity index is 1.17. The molecule has 1 aromatic heterocycles. The average molecular weight is 701 g/mol. The second-order valence-corrected chi connectivity index (χ2v) is 14.7. The van der Waals surface area contributed by atoms with Crippen molar-refractivity contribution >= 4 is 44.2 Å². The number of benzene rings is 7. The summed E-state index contributed by atoms with van der Waals surface area (Å²) in [6.45, 7) is 4.70. The van der Waals surface area contributed by atoms with E-state index in [-0.39, 0.29) is 0 Å². The van der Waals surface area contributed by atoms with Crippen LogP contribution >= 0.6 is 0 Å². The predicted octanol–water partition coefficient (Wildman–Crippen LogP) is 13.1. The highest BCUT2D eigenvalue weighted by atomic mass is 16.5. The fourth-order valence-electron chi connectivity index (χ4n) is 9.67. The van der Waals surface area contributed by atoms with Gasteiger partial charge < -0.3 is 14.2 Å². The largest absolute Gasteiger partial charge is 0.454 e. The van der Waals surface area contributed by atoms with Crippen LogP contribution in [-0.4, -0.2) is 4.57 Å². The number of fused-ring (bicyclic) bond motifs is 14. The van der Waals surface area contributed by atoms with E-state index >= 15 is 0 Å². The molecule has 3 nitrogen and oxygen atoms in total. The van der Waals surface area contributed by atoms with Gasteiger partial charge in [-0.25, -0.2) is 0 Å². The standard InChI is InChI=1S/C52H32N2O/c1-33-30-46-50-51(55-49-25-13-8-18-39(33)49)41-20-7-11-23-47(41)54(50)48-24-12-10-22-45(48)52(46)43-21-9-6-19-40(43)42-32-38(28-29-44(42)52)53(36-16-4-5-17-36)37-27-26-34-14-2-3-15-35(34)31-37/h2-16,18-32H,1H2/b46-30+. The molecule has 1 unspecified atom stereocenters. The number of hydrogen-bond acceptors (Lipinski definition) is 2. The first-order valence-electron chi connectivity index (χ1n) is 18.8. The van der Waals surface area contributed by atoms with Crippen LogP contribution < -0.4 is 9.64 Å². The number of anilines is 2. The summed E-state index contributed by atoms with van der Waals surface area (Å²) in [5.74, 6) is 1.68. The van der Waals surface area contributed by atoms with Gasteiger partial charge in [0.05, 0.1) is 28.0 Å². The topological polar surface area (TPSA) is 17.4 Å². The van der Waals surface area contributed by atoms with Crippen LogP contribution in [0.5, 0.6) is 11.5 Å². The van der Waals surface area contributed by atoms with Crippen molar-refractivity contribution in [3.05, 3.63) is 228 Å². The SMILES string of the molecule is C=C1/C=C2\c3c(c4ccccc4n3-c3ccccc3C23c2ccccc2-c2cc(N(C4=C=CC=C4)c4ccc5ccccc5c4)ccc23)Oc2ccccc21. The van der Waals surface area contributed by atoms with Gasteiger partial charge in [-0.05, 0) is 111 Å². The van der Waals surface area contributed by atoms with Crippen LogP contribution in [0.25, 0.3) is 49.6 Å². The van der Waals surface area contributed by atoms with Crippen LogP contribution in [0.1, 0.15) is 27.9 Å². The number of nitrogens with zero attached hydrogens (tertiary/aromatic N) is 2. The van der Waals surface area contributed by atoms with Gasteiger partial charge in [0.25, 0.3) is 0 Å². The van der Waals surface area contributed by atoms with Gasteiger partial charge in [-0.1, -0.05) is 128 Å². The van der Waals surface area contributed by atoms with E-state index in [9.17, 15) is 0 Å². The van der Waals surface area contributed by atoms with Crippen molar-refractivity contribution in [3.8, 4) is 28.3 Å². The average Bonchev–Trinajstić information content (AvgIpc) is 3.95. The Labute approximate surface area is 319 Å². The van der Waals surface area contributed by atoms with Crippen molar-refractivity contribution in [2.45, 2.75) is 5.41 Å². The zero-order valence-electron chi connectivity index (χ0n) is 29.8. The van der Waals surface area contributed by atoms with Gasteiger partial charge in [0.15, 0.2) is 5.75 Å².